The van der Waals surface area contributed by atoms with Gasteiger partial charge in [0.2, 0.25) is 0 Å². The number of phenols is 1. The van der Waals surface area contributed by atoms with Gasteiger partial charge in [-0.25, -0.2) is 4.79 Å². The molecule has 7 heteroatoms. The van der Waals surface area contributed by atoms with E-state index in [4.69, 9.17) is 9.47 Å². The van der Waals surface area contributed by atoms with Crippen molar-refractivity contribution >= 4 is 5.82 Å². The van der Waals surface area contributed by atoms with E-state index < -0.39 is 0 Å². The molecule has 2 aromatic rings. The maximum Gasteiger partial charge on any atom is 0.349 e. The normalized spacial score (nSPS) is 19.4. The number of aromatic nitrogens is 2. The van der Waals surface area contributed by atoms with E-state index in [1.165, 1.54) is 0 Å². The van der Waals surface area contributed by atoms with Crippen LogP contribution in [0.3, 0.4) is 0 Å². The number of benzene rings is 1. The van der Waals surface area contributed by atoms with Crippen LogP contribution in [0.15, 0.2) is 29.1 Å². The third kappa shape index (κ3) is 2.88. The van der Waals surface area contributed by atoms with Gasteiger partial charge in [0.05, 0.1) is 31.6 Å². The van der Waals surface area contributed by atoms with Gasteiger partial charge in [0.15, 0.2) is 0 Å². The summed E-state index contributed by atoms with van der Waals surface area (Å²) in [5.74, 6) is 0.771. The Hall–Kier alpha value is -2.38. The molecule has 4 rings (SSSR count). The number of aromatic hydroxyl groups is 1. The molecule has 126 valence electrons. The van der Waals surface area contributed by atoms with E-state index in [2.05, 4.69) is 10.3 Å². The van der Waals surface area contributed by atoms with Crippen molar-refractivity contribution in [3.8, 4) is 17.0 Å². The van der Waals surface area contributed by atoms with Gasteiger partial charge in [0, 0.05) is 24.7 Å². The van der Waals surface area contributed by atoms with Crippen LogP contribution in [-0.4, -0.2) is 47.1 Å². The van der Waals surface area contributed by atoms with Crippen molar-refractivity contribution in [1.82, 2.24) is 9.55 Å². The van der Waals surface area contributed by atoms with E-state index in [1.807, 2.05) is 12.1 Å². The van der Waals surface area contributed by atoms with Crippen LogP contribution in [0.5, 0.6) is 5.75 Å². The fraction of sp³-hybridized carbons (Fsp3) is 0.412. The number of hydrogen-bond acceptors (Lipinski definition) is 6. The highest BCUT2D eigenvalue weighted by molar-refractivity contribution is 5.69. The standard InChI is InChI=1S/C17H19N3O4/c21-12-1-2-14-11(7-12)3-4-20-15(14)8-16(19-17(20)22)18-9-13-10-23-5-6-24-13/h1-2,7-8,13,21H,3-6,9-10H2,(H,18,19,22)/t13-/m1/s1. The van der Waals surface area contributed by atoms with Crippen molar-refractivity contribution in [1.29, 1.82) is 0 Å². The molecule has 3 heterocycles. The van der Waals surface area contributed by atoms with E-state index in [-0.39, 0.29) is 17.5 Å². The van der Waals surface area contributed by atoms with Crippen LogP contribution in [0, 0.1) is 0 Å². The Balaban J connectivity index is 1.62. The molecule has 1 saturated heterocycles. The summed E-state index contributed by atoms with van der Waals surface area (Å²) < 4.78 is 12.6. The molecule has 0 saturated carbocycles. The molecule has 1 fully saturated rings. The number of nitrogens with zero attached hydrogens (tertiary/aromatic N) is 2. The summed E-state index contributed by atoms with van der Waals surface area (Å²) in [6, 6.07) is 7.11. The van der Waals surface area contributed by atoms with Crippen LogP contribution < -0.4 is 11.0 Å². The molecule has 1 aromatic carbocycles. The van der Waals surface area contributed by atoms with Crippen LogP contribution in [0.2, 0.25) is 0 Å². The zero-order valence-electron chi connectivity index (χ0n) is 13.2. The average molecular weight is 329 g/mol. The highest BCUT2D eigenvalue weighted by Crippen LogP contribution is 2.31. The molecule has 0 bridgehead atoms. The molecule has 0 amide bonds. The minimum atomic E-state index is -0.269. The molecule has 2 aliphatic rings. The lowest BCUT2D eigenvalue weighted by molar-refractivity contribution is -0.0819. The summed E-state index contributed by atoms with van der Waals surface area (Å²) >= 11 is 0. The molecule has 0 aliphatic carbocycles. The number of rotatable bonds is 3. The van der Waals surface area contributed by atoms with Crippen molar-refractivity contribution < 1.29 is 14.6 Å². The summed E-state index contributed by atoms with van der Waals surface area (Å²) in [4.78, 5) is 16.4. The van der Waals surface area contributed by atoms with E-state index in [1.54, 1.807) is 16.7 Å². The Kier molecular flexibility index (Phi) is 3.95. The minimum absolute atomic E-state index is 0.0384. The first-order chi connectivity index (χ1) is 11.7. The molecule has 0 radical (unpaired) electrons. The summed E-state index contributed by atoms with van der Waals surface area (Å²) in [6.45, 7) is 2.86. The van der Waals surface area contributed by atoms with Crippen molar-refractivity contribution in [2.75, 3.05) is 31.7 Å². The van der Waals surface area contributed by atoms with Gasteiger partial charge in [-0.05, 0) is 30.2 Å². The van der Waals surface area contributed by atoms with E-state index in [0.29, 0.717) is 45.1 Å². The second-order valence-corrected chi connectivity index (χ2v) is 6.00. The number of phenolic OH excluding ortho intramolecular Hbond substituents is 1. The van der Waals surface area contributed by atoms with Gasteiger partial charge in [-0.2, -0.15) is 4.98 Å². The first-order valence-electron chi connectivity index (χ1n) is 8.08. The number of aryl methyl sites for hydroxylation is 1. The molecule has 7 nitrogen and oxygen atoms in total. The van der Waals surface area contributed by atoms with Gasteiger partial charge in [0.1, 0.15) is 11.6 Å². The topological polar surface area (TPSA) is 85.6 Å². The summed E-state index contributed by atoms with van der Waals surface area (Å²) in [5.41, 5.74) is 2.54. The Bertz CT molecular complexity index is 812. The Labute approximate surface area is 138 Å². The smallest absolute Gasteiger partial charge is 0.349 e. The van der Waals surface area contributed by atoms with Crippen LogP contribution in [0.4, 0.5) is 5.82 Å². The molecule has 0 spiro atoms. The van der Waals surface area contributed by atoms with E-state index >= 15 is 0 Å². The van der Waals surface area contributed by atoms with Crippen LogP contribution in [-0.2, 0) is 22.4 Å². The van der Waals surface area contributed by atoms with Gasteiger partial charge >= 0.3 is 5.69 Å². The first-order valence-corrected chi connectivity index (χ1v) is 8.08. The number of nitrogens with one attached hydrogen (secondary N) is 1. The van der Waals surface area contributed by atoms with Crippen molar-refractivity contribution in [2.24, 2.45) is 0 Å². The predicted octanol–water partition coefficient (Wildman–Crippen LogP) is 0.999. The SMILES string of the molecule is O=c1nc(NC[C@@H]2COCCO2)cc2n1CCc1cc(O)ccc1-2. The molecule has 24 heavy (non-hydrogen) atoms. The third-order valence-electron chi connectivity index (χ3n) is 4.38. The zero-order valence-corrected chi connectivity index (χ0v) is 13.2. The summed E-state index contributed by atoms with van der Waals surface area (Å²) in [5, 5.41) is 12.8. The number of anilines is 1. The van der Waals surface area contributed by atoms with Crippen molar-refractivity contribution in [3.05, 3.63) is 40.3 Å². The highest BCUT2D eigenvalue weighted by atomic mass is 16.6. The monoisotopic (exact) mass is 329 g/mol. The summed E-state index contributed by atoms with van der Waals surface area (Å²) in [6.07, 6.45) is 0.668. The maximum atomic E-state index is 12.3. The maximum absolute atomic E-state index is 12.3. The molecule has 1 atom stereocenters. The molecule has 2 aliphatic heterocycles. The summed E-state index contributed by atoms with van der Waals surface area (Å²) in [7, 11) is 0. The lowest BCUT2D eigenvalue weighted by Gasteiger charge is -2.24. The van der Waals surface area contributed by atoms with Gasteiger partial charge < -0.3 is 19.9 Å². The zero-order chi connectivity index (χ0) is 16.5. The fourth-order valence-electron chi connectivity index (χ4n) is 3.18. The van der Waals surface area contributed by atoms with Gasteiger partial charge in [-0.15, -0.1) is 0 Å². The fourth-order valence-corrected chi connectivity index (χ4v) is 3.18. The van der Waals surface area contributed by atoms with E-state index in [0.717, 1.165) is 16.8 Å². The second-order valence-electron chi connectivity index (χ2n) is 6.00. The molecular formula is C17H19N3O4. The van der Waals surface area contributed by atoms with Crippen molar-refractivity contribution in [3.63, 3.8) is 0 Å². The second kappa shape index (κ2) is 6.26. The quantitative estimate of drug-likeness (QED) is 0.874. The molecule has 0 unspecified atom stereocenters. The Morgan fingerprint density at radius 3 is 3.08 bits per heavy atom. The highest BCUT2D eigenvalue weighted by Gasteiger charge is 2.20. The van der Waals surface area contributed by atoms with Crippen LogP contribution >= 0.6 is 0 Å². The predicted molar refractivity (Wildman–Crippen MR) is 88.4 cm³/mol. The largest absolute Gasteiger partial charge is 0.508 e. The van der Waals surface area contributed by atoms with Crippen LogP contribution in [0.25, 0.3) is 11.3 Å². The number of hydrogen-bond donors (Lipinski definition) is 2. The number of ether oxygens (including phenoxy) is 2. The van der Waals surface area contributed by atoms with Gasteiger partial charge in [-0.1, -0.05) is 0 Å². The van der Waals surface area contributed by atoms with Crippen LogP contribution in [0.1, 0.15) is 5.56 Å². The molecule has 1 aromatic heterocycles. The van der Waals surface area contributed by atoms with Crippen molar-refractivity contribution in [2.45, 2.75) is 19.1 Å². The molecule has 2 N–H and O–H groups in total. The van der Waals surface area contributed by atoms with Gasteiger partial charge in [0.25, 0.3) is 0 Å². The number of fused-ring (bicyclic) bond motifs is 3. The third-order valence-corrected chi connectivity index (χ3v) is 4.38. The molecular weight excluding hydrogens is 310 g/mol. The first kappa shape index (κ1) is 15.2. The Morgan fingerprint density at radius 1 is 1.33 bits per heavy atom. The minimum Gasteiger partial charge on any atom is -0.508 e. The van der Waals surface area contributed by atoms with Gasteiger partial charge in [-0.3, -0.25) is 4.57 Å². The van der Waals surface area contributed by atoms with E-state index in [9.17, 15) is 9.90 Å². The lowest BCUT2D eigenvalue weighted by atomic mass is 9.97. The Morgan fingerprint density at radius 2 is 2.25 bits per heavy atom. The lowest BCUT2D eigenvalue weighted by Crippen LogP contribution is -2.35. The average Bonchev–Trinajstić information content (AvgIpc) is 2.60.